The Morgan fingerprint density at radius 3 is 2.26 bits per heavy atom. The maximum Gasteiger partial charge on any atom is 0.335 e. The predicted octanol–water partition coefficient (Wildman–Crippen LogP) is 0.454. The van der Waals surface area contributed by atoms with Crippen LogP contribution in [0.2, 0.25) is 0 Å². The van der Waals surface area contributed by atoms with Crippen LogP contribution in [-0.4, -0.2) is 76.4 Å². The highest BCUT2D eigenvalue weighted by molar-refractivity contribution is 5.89. The van der Waals surface area contributed by atoms with E-state index in [0.29, 0.717) is 11.3 Å². The van der Waals surface area contributed by atoms with Crippen LogP contribution in [0.5, 0.6) is 23.0 Å². The molecule has 3 aromatic rings. The molecule has 1 aliphatic heterocycles. The molecule has 2 heterocycles. The van der Waals surface area contributed by atoms with Crippen LogP contribution in [0, 0.1) is 0 Å². The van der Waals surface area contributed by atoms with Crippen LogP contribution in [-0.2, 0) is 9.53 Å². The first kappa shape index (κ1) is 24.3. The number of methoxy groups -OCH3 is 2. The summed E-state index contributed by atoms with van der Waals surface area (Å²) in [5, 5.41) is 49.9. The molecule has 1 aromatic heterocycles. The molecule has 5 atom stereocenters. The fourth-order valence-electron chi connectivity index (χ4n) is 3.72. The number of aliphatic carboxylic acids is 1. The molecule has 0 spiro atoms. The summed E-state index contributed by atoms with van der Waals surface area (Å²) in [5.74, 6) is -2.09. The average molecular weight is 490 g/mol. The summed E-state index contributed by atoms with van der Waals surface area (Å²) in [4.78, 5) is 24.2. The number of aromatic hydroxyl groups is 1. The summed E-state index contributed by atoms with van der Waals surface area (Å²) in [6, 6.07) is 9.03. The highest BCUT2D eigenvalue weighted by Gasteiger charge is 2.48. The van der Waals surface area contributed by atoms with Gasteiger partial charge in [-0.1, -0.05) is 0 Å². The molecule has 35 heavy (non-hydrogen) atoms. The second kappa shape index (κ2) is 9.43. The van der Waals surface area contributed by atoms with Gasteiger partial charge in [0, 0.05) is 17.7 Å². The van der Waals surface area contributed by atoms with E-state index < -0.39 is 47.9 Å². The zero-order valence-corrected chi connectivity index (χ0v) is 18.4. The van der Waals surface area contributed by atoms with Gasteiger partial charge < -0.3 is 48.9 Å². The summed E-state index contributed by atoms with van der Waals surface area (Å²) >= 11 is 0. The van der Waals surface area contributed by atoms with E-state index in [1.807, 2.05) is 0 Å². The molecule has 4 rings (SSSR count). The van der Waals surface area contributed by atoms with Crippen LogP contribution in [0.4, 0.5) is 0 Å². The monoisotopic (exact) mass is 490 g/mol. The van der Waals surface area contributed by atoms with Crippen molar-refractivity contribution in [1.82, 2.24) is 0 Å². The quantitative estimate of drug-likeness (QED) is 0.322. The number of hydrogen-bond donors (Lipinski definition) is 5. The smallest absolute Gasteiger partial charge is 0.335 e. The lowest BCUT2D eigenvalue weighted by Gasteiger charge is -2.38. The van der Waals surface area contributed by atoms with Gasteiger partial charge in [0.05, 0.1) is 14.2 Å². The molecule has 1 aliphatic rings. The van der Waals surface area contributed by atoms with Gasteiger partial charge in [0.25, 0.3) is 0 Å². The largest absolute Gasteiger partial charge is 0.504 e. The molecule has 0 radical (unpaired) electrons. The molecule has 12 heteroatoms. The van der Waals surface area contributed by atoms with Crippen LogP contribution in [0.1, 0.15) is 0 Å². The second-order valence-electron chi connectivity index (χ2n) is 7.69. The first-order valence-electron chi connectivity index (χ1n) is 10.3. The van der Waals surface area contributed by atoms with E-state index in [9.17, 15) is 35.1 Å². The van der Waals surface area contributed by atoms with Crippen LogP contribution < -0.4 is 19.6 Å². The van der Waals surface area contributed by atoms with Gasteiger partial charge in [-0.25, -0.2) is 4.79 Å². The Morgan fingerprint density at radius 1 is 0.971 bits per heavy atom. The minimum Gasteiger partial charge on any atom is -0.504 e. The number of phenols is 1. The number of benzene rings is 2. The number of fused-ring (bicyclic) bond motifs is 1. The van der Waals surface area contributed by atoms with Gasteiger partial charge in [-0.05, 0) is 24.3 Å². The highest BCUT2D eigenvalue weighted by atomic mass is 16.7. The number of rotatable bonds is 6. The molecule has 0 aliphatic carbocycles. The molecule has 0 saturated carbocycles. The minimum absolute atomic E-state index is 0.114. The highest BCUT2D eigenvalue weighted by Crippen LogP contribution is 2.43. The molecule has 0 amide bonds. The molecule has 2 aromatic carbocycles. The first-order valence-corrected chi connectivity index (χ1v) is 10.3. The van der Waals surface area contributed by atoms with Gasteiger partial charge in [-0.2, -0.15) is 0 Å². The number of hydrogen-bond acceptors (Lipinski definition) is 11. The van der Waals surface area contributed by atoms with Crippen molar-refractivity contribution in [2.24, 2.45) is 0 Å². The van der Waals surface area contributed by atoms with Crippen molar-refractivity contribution < 1.29 is 53.7 Å². The Hall–Kier alpha value is -3.84. The van der Waals surface area contributed by atoms with Crippen LogP contribution >= 0.6 is 0 Å². The van der Waals surface area contributed by atoms with Crippen molar-refractivity contribution in [3.05, 3.63) is 46.6 Å². The van der Waals surface area contributed by atoms with E-state index in [1.54, 1.807) is 24.3 Å². The maximum absolute atomic E-state index is 12.8. The Kier molecular flexibility index (Phi) is 6.54. The molecular formula is C23H22O12. The van der Waals surface area contributed by atoms with E-state index >= 15 is 0 Å². The number of phenolic OH excluding ortho intramolecular Hbond substituents is 1. The van der Waals surface area contributed by atoms with Gasteiger partial charge in [0.1, 0.15) is 40.8 Å². The zero-order valence-electron chi connectivity index (χ0n) is 18.4. The van der Waals surface area contributed by atoms with Crippen molar-refractivity contribution in [1.29, 1.82) is 0 Å². The van der Waals surface area contributed by atoms with Crippen molar-refractivity contribution in [2.75, 3.05) is 14.2 Å². The van der Waals surface area contributed by atoms with E-state index in [2.05, 4.69) is 0 Å². The number of carboxylic acid groups (broad SMARTS) is 1. The number of carbonyl (C=O) groups is 1. The van der Waals surface area contributed by atoms with E-state index in [1.165, 1.54) is 26.4 Å². The SMILES string of the molecule is COc1ccc(-c2cc(=O)c3c(O)c(OC)c(O[C@@H]4O[C@H](C(=O)O)[C@H](O)[C@@H](O)[C@H]4O)cc3o2)cc1. The van der Waals surface area contributed by atoms with Crippen molar-refractivity contribution in [3.8, 4) is 34.3 Å². The normalized spacial score (nSPS) is 24.2. The first-order chi connectivity index (χ1) is 16.7. The second-order valence-corrected chi connectivity index (χ2v) is 7.69. The van der Waals surface area contributed by atoms with Gasteiger partial charge >= 0.3 is 5.97 Å². The van der Waals surface area contributed by atoms with Gasteiger partial charge in [-0.3, -0.25) is 4.79 Å². The van der Waals surface area contributed by atoms with E-state index in [0.717, 1.165) is 0 Å². The lowest BCUT2D eigenvalue weighted by molar-refractivity contribution is -0.271. The number of aliphatic hydroxyl groups is 3. The van der Waals surface area contributed by atoms with E-state index in [4.69, 9.17) is 23.4 Å². The Bertz CT molecular complexity index is 1300. The molecule has 1 fully saturated rings. The van der Waals surface area contributed by atoms with Crippen LogP contribution in [0.25, 0.3) is 22.3 Å². The summed E-state index contributed by atoms with van der Waals surface area (Å²) in [6.07, 6.45) is -9.37. The molecular weight excluding hydrogens is 468 g/mol. The summed E-state index contributed by atoms with van der Waals surface area (Å²) in [6.45, 7) is 0. The lowest BCUT2D eigenvalue weighted by Crippen LogP contribution is -2.61. The van der Waals surface area contributed by atoms with Gasteiger partial charge in [-0.15, -0.1) is 0 Å². The molecule has 0 unspecified atom stereocenters. The Labute approximate surface area is 197 Å². The minimum atomic E-state index is -1.92. The molecule has 186 valence electrons. The summed E-state index contributed by atoms with van der Waals surface area (Å²) < 4.78 is 26.7. The maximum atomic E-state index is 12.8. The average Bonchev–Trinajstić information content (AvgIpc) is 2.83. The van der Waals surface area contributed by atoms with Gasteiger partial charge in [0.2, 0.25) is 12.0 Å². The lowest BCUT2D eigenvalue weighted by atomic mass is 9.99. The van der Waals surface area contributed by atoms with Crippen LogP contribution in [0.3, 0.4) is 0 Å². The molecule has 12 nitrogen and oxygen atoms in total. The topological polar surface area (TPSA) is 185 Å². The molecule has 0 bridgehead atoms. The Morgan fingerprint density at radius 2 is 1.66 bits per heavy atom. The fraction of sp³-hybridized carbons (Fsp3) is 0.304. The molecule has 1 saturated heterocycles. The standard InChI is InChI=1S/C23H22O12/c1-31-10-5-3-9(4-6-10)12-7-11(24)15-13(33-12)8-14(20(32-2)16(15)25)34-23-19(28)17(26)18(27)21(35-23)22(29)30/h3-8,17-19,21,23,25-28H,1-2H3,(H,29,30)/t17-,18-,19-,21+,23-/m1/s1. The van der Waals surface area contributed by atoms with E-state index in [-0.39, 0.29) is 28.2 Å². The third kappa shape index (κ3) is 4.35. The third-order valence-electron chi connectivity index (χ3n) is 5.55. The molecule has 5 N–H and O–H groups in total. The number of aliphatic hydroxyl groups excluding tert-OH is 3. The van der Waals surface area contributed by atoms with Gasteiger partial charge in [0.15, 0.2) is 23.0 Å². The summed E-state index contributed by atoms with van der Waals surface area (Å²) in [5.41, 5.74) is -0.162. The van der Waals surface area contributed by atoms with Crippen LogP contribution in [0.15, 0.2) is 45.6 Å². The number of carboxylic acids is 1. The van der Waals surface area contributed by atoms with Crippen molar-refractivity contribution in [2.45, 2.75) is 30.7 Å². The zero-order chi connectivity index (χ0) is 25.4. The predicted molar refractivity (Wildman–Crippen MR) is 118 cm³/mol. The number of ether oxygens (including phenoxy) is 4. The summed E-state index contributed by atoms with van der Waals surface area (Å²) in [7, 11) is 2.69. The van der Waals surface area contributed by atoms with Crippen molar-refractivity contribution in [3.63, 3.8) is 0 Å². The fourth-order valence-corrected chi connectivity index (χ4v) is 3.72. The third-order valence-corrected chi connectivity index (χ3v) is 5.55. The van der Waals surface area contributed by atoms with Crippen molar-refractivity contribution >= 4 is 16.9 Å². The Balaban J connectivity index is 1.78.